The third-order valence-corrected chi connectivity index (χ3v) is 9.19. The van der Waals surface area contributed by atoms with Crippen molar-refractivity contribution >= 4 is 65.2 Å². The predicted molar refractivity (Wildman–Crippen MR) is 219 cm³/mol. The van der Waals surface area contributed by atoms with Crippen LogP contribution in [0.15, 0.2) is 0 Å². The van der Waals surface area contributed by atoms with Gasteiger partial charge in [-0.1, -0.05) is 0 Å². The maximum absolute atomic E-state index is 13.5. The van der Waals surface area contributed by atoms with E-state index >= 15 is 0 Å². The molecule has 0 rings (SSSR count). The van der Waals surface area contributed by atoms with E-state index in [0.29, 0.717) is 32.2 Å². The predicted octanol–water partition coefficient (Wildman–Crippen LogP) is -4.64. The molecule has 0 saturated heterocycles. The van der Waals surface area contributed by atoms with Gasteiger partial charge in [-0.2, -0.15) is 0 Å². The molecule has 352 valence electrons. The highest BCUT2D eigenvalue weighted by molar-refractivity contribution is 5.97. The number of carbonyl (C=O) groups excluding carboxylic acids is 8. The molecule has 0 fully saturated rings. The second-order valence-corrected chi connectivity index (χ2v) is 14.7. The van der Waals surface area contributed by atoms with Crippen LogP contribution >= 0.6 is 0 Å². The lowest BCUT2D eigenvalue weighted by Crippen LogP contribution is -2.59. The van der Waals surface area contributed by atoms with Crippen molar-refractivity contribution in [1.29, 1.82) is 0 Å². The van der Waals surface area contributed by atoms with Gasteiger partial charge in [-0.05, 0) is 99.1 Å². The number of carboxylic acid groups (broad SMARTS) is 3. The fourth-order valence-corrected chi connectivity index (χ4v) is 5.30. The summed E-state index contributed by atoms with van der Waals surface area (Å²) in [6.45, 7) is 6.99. The summed E-state index contributed by atoms with van der Waals surface area (Å²) in [7, 11) is 0. The Morgan fingerprint density at radius 3 is 1.06 bits per heavy atom. The van der Waals surface area contributed by atoms with Crippen molar-refractivity contribution in [2.45, 2.75) is 153 Å². The average molecular weight is 888 g/mol. The Kier molecular flexibility index (Phi) is 26.5. The Hall–Kier alpha value is -5.95. The maximum atomic E-state index is 13.5. The Balaban J connectivity index is 5.65. The summed E-state index contributed by atoms with van der Waals surface area (Å²) in [4.78, 5) is 137. The highest BCUT2D eigenvalue weighted by atomic mass is 16.4. The fourth-order valence-electron chi connectivity index (χ4n) is 5.30. The van der Waals surface area contributed by atoms with E-state index in [9.17, 15) is 63.0 Å². The van der Waals surface area contributed by atoms with Gasteiger partial charge in [0, 0.05) is 12.8 Å². The number of rotatable bonds is 31. The van der Waals surface area contributed by atoms with Crippen molar-refractivity contribution in [3.63, 3.8) is 0 Å². The minimum Gasteiger partial charge on any atom is -0.481 e. The molecular weight excluding hydrogens is 822 g/mol. The number of nitrogens with two attached hydrogens (primary N) is 3. The normalized spacial score (nSPS) is 15.2. The topological polar surface area (TPSA) is 423 Å². The molecule has 17 N–H and O–H groups in total. The number of carbonyl (C=O) groups is 11. The molecule has 0 aliphatic heterocycles. The van der Waals surface area contributed by atoms with Gasteiger partial charge in [0.1, 0.15) is 48.3 Å². The molecule has 9 atom stereocenters. The molecule has 0 unspecified atom stereocenters. The third kappa shape index (κ3) is 22.6. The van der Waals surface area contributed by atoms with Gasteiger partial charge < -0.3 is 75.1 Å². The van der Waals surface area contributed by atoms with E-state index in [1.54, 1.807) is 0 Å². The van der Waals surface area contributed by atoms with Gasteiger partial charge in [0.05, 0.1) is 6.04 Å². The van der Waals surface area contributed by atoms with E-state index < -0.39 is 132 Å². The van der Waals surface area contributed by atoms with Gasteiger partial charge in [-0.3, -0.25) is 47.9 Å². The zero-order valence-electron chi connectivity index (χ0n) is 35.7. The van der Waals surface area contributed by atoms with Crippen molar-refractivity contribution in [2.75, 3.05) is 13.1 Å². The van der Waals surface area contributed by atoms with Crippen molar-refractivity contribution < 1.29 is 68.1 Å². The van der Waals surface area contributed by atoms with Gasteiger partial charge >= 0.3 is 17.9 Å². The maximum Gasteiger partial charge on any atom is 0.326 e. The zero-order valence-corrected chi connectivity index (χ0v) is 35.7. The quantitative estimate of drug-likeness (QED) is 0.0291. The molecule has 0 aliphatic carbocycles. The molecule has 0 saturated carbocycles. The van der Waals surface area contributed by atoms with Crippen LogP contribution in [-0.4, -0.2) is 148 Å². The first-order valence-electron chi connectivity index (χ1n) is 20.2. The summed E-state index contributed by atoms with van der Waals surface area (Å²) in [5.74, 6) is -10.6. The first-order valence-corrected chi connectivity index (χ1v) is 20.2. The van der Waals surface area contributed by atoms with Gasteiger partial charge in [0.15, 0.2) is 0 Å². The first-order chi connectivity index (χ1) is 28.9. The highest BCUT2D eigenvalue weighted by Crippen LogP contribution is 2.07. The molecule has 0 aliphatic rings. The molecule has 0 bridgehead atoms. The molecule has 0 aromatic carbocycles. The summed E-state index contributed by atoms with van der Waals surface area (Å²) >= 11 is 0. The SMILES string of the molecule is C[C@H](NC(=O)[C@H](C)NC(=O)[C@H](CCC(=O)O)NC(=O)[C@H](CCCCN)NC(=O)[C@H](C)NC(=O)[C@H](C)NC(=O)[C@@H](N)CCC(=O)O)C(=O)N[C@@H](C)C(=O)N[C@@H](CCCCN)C(=O)O. The molecule has 25 nitrogen and oxygen atoms in total. The number of carboxylic acids is 3. The number of hydrogen-bond acceptors (Lipinski definition) is 14. The monoisotopic (exact) mass is 887 g/mol. The summed E-state index contributed by atoms with van der Waals surface area (Å²) in [6, 6.07) is -11.6. The van der Waals surface area contributed by atoms with Crippen LogP contribution in [0.5, 0.6) is 0 Å². The van der Waals surface area contributed by atoms with Crippen molar-refractivity contribution in [3.8, 4) is 0 Å². The Labute approximate surface area is 358 Å². The van der Waals surface area contributed by atoms with Crippen molar-refractivity contribution in [3.05, 3.63) is 0 Å². The van der Waals surface area contributed by atoms with Crippen LogP contribution in [-0.2, 0) is 52.7 Å². The lowest BCUT2D eigenvalue weighted by molar-refractivity contribution is -0.142. The molecule has 8 amide bonds. The molecular formula is C37H65N11O14. The van der Waals surface area contributed by atoms with Crippen molar-refractivity contribution in [2.24, 2.45) is 17.2 Å². The van der Waals surface area contributed by atoms with Crippen molar-refractivity contribution in [1.82, 2.24) is 42.5 Å². The molecule has 62 heavy (non-hydrogen) atoms. The van der Waals surface area contributed by atoms with Gasteiger partial charge in [0.25, 0.3) is 0 Å². The number of aliphatic carboxylic acids is 3. The number of amides is 8. The molecule has 25 heteroatoms. The molecule has 0 radical (unpaired) electrons. The highest BCUT2D eigenvalue weighted by Gasteiger charge is 2.32. The van der Waals surface area contributed by atoms with Gasteiger partial charge in [-0.15, -0.1) is 0 Å². The number of hydrogen-bond donors (Lipinski definition) is 14. The molecule has 0 heterocycles. The number of nitrogens with one attached hydrogen (secondary N) is 8. The summed E-state index contributed by atoms with van der Waals surface area (Å²) in [6.07, 6.45) is 0.232. The van der Waals surface area contributed by atoms with E-state index in [1.165, 1.54) is 34.6 Å². The Morgan fingerprint density at radius 2 is 0.677 bits per heavy atom. The standard InChI is InChI=1S/C37H65N11O14/c1-18(29(53)43-22(5)33(57)48-26(37(61)62)11-7-9-17-39)41-31(55)20(3)45-35(59)25(13-15-28(51)52)47-36(60)24(10-6-8-16-38)46-32(56)21(4)42-30(54)19(2)44-34(58)23(40)12-14-27(49)50/h18-26H,6-17,38-40H2,1-5H3,(H,41,55)(H,42,54)(H,43,53)(H,44,58)(H,45,59)(H,46,56)(H,47,60)(H,48,57)(H,49,50)(H,51,52)(H,61,62)/t18-,19-,20-,21-,22-,23-,24-,25-,26-/m0/s1. The second-order valence-electron chi connectivity index (χ2n) is 14.7. The fraction of sp³-hybridized carbons (Fsp3) is 0.703. The van der Waals surface area contributed by atoms with E-state index in [2.05, 4.69) is 42.5 Å². The van der Waals surface area contributed by atoms with E-state index in [1.807, 2.05) is 0 Å². The first kappa shape index (κ1) is 56.0. The lowest BCUT2D eigenvalue weighted by atomic mass is 10.1. The smallest absolute Gasteiger partial charge is 0.326 e. The van der Waals surface area contributed by atoms with Crippen LogP contribution in [0.4, 0.5) is 0 Å². The molecule has 0 aromatic heterocycles. The van der Waals surface area contributed by atoms with Crippen LogP contribution in [0.2, 0.25) is 0 Å². The summed E-state index contributed by atoms with van der Waals surface area (Å²) in [5.41, 5.74) is 16.7. The molecule has 0 aromatic rings. The largest absolute Gasteiger partial charge is 0.481 e. The second kappa shape index (κ2) is 29.3. The van der Waals surface area contributed by atoms with Crippen LogP contribution in [0.3, 0.4) is 0 Å². The zero-order chi connectivity index (χ0) is 47.7. The minimum absolute atomic E-state index is 0.00261. The van der Waals surface area contributed by atoms with Gasteiger partial charge in [-0.25, -0.2) is 4.79 Å². The lowest BCUT2D eigenvalue weighted by Gasteiger charge is -2.26. The third-order valence-electron chi connectivity index (χ3n) is 9.19. The van der Waals surface area contributed by atoms with Crippen LogP contribution in [0.25, 0.3) is 0 Å². The number of unbranched alkanes of at least 4 members (excludes halogenated alkanes) is 2. The minimum atomic E-state index is -1.55. The summed E-state index contributed by atoms with van der Waals surface area (Å²) in [5, 5.41) is 46.5. The molecule has 0 spiro atoms. The van der Waals surface area contributed by atoms with Gasteiger partial charge in [0.2, 0.25) is 47.3 Å². The average Bonchev–Trinajstić information content (AvgIpc) is 3.19. The van der Waals surface area contributed by atoms with Crippen LogP contribution in [0.1, 0.15) is 98.8 Å². The summed E-state index contributed by atoms with van der Waals surface area (Å²) < 4.78 is 0. The van der Waals surface area contributed by atoms with E-state index in [4.69, 9.17) is 22.3 Å². The van der Waals surface area contributed by atoms with E-state index in [-0.39, 0.29) is 32.2 Å². The van der Waals surface area contributed by atoms with E-state index in [0.717, 1.165) is 0 Å². The Bertz CT molecular complexity index is 1580. The van der Waals surface area contributed by atoms with Crippen LogP contribution in [0, 0.1) is 0 Å². The Morgan fingerprint density at radius 1 is 0.387 bits per heavy atom. The van der Waals surface area contributed by atoms with Crippen LogP contribution < -0.4 is 59.7 Å².